The summed E-state index contributed by atoms with van der Waals surface area (Å²) >= 11 is 6.13. The molecule has 0 aliphatic rings. The molecule has 0 aliphatic carbocycles. The lowest BCUT2D eigenvalue weighted by molar-refractivity contribution is 0.551. The Labute approximate surface area is 106 Å². The third kappa shape index (κ3) is 3.03. The van der Waals surface area contributed by atoms with Crippen molar-refractivity contribution in [2.24, 2.45) is 5.84 Å². The van der Waals surface area contributed by atoms with Crippen LogP contribution in [0.5, 0.6) is 0 Å². The first kappa shape index (κ1) is 12.0. The van der Waals surface area contributed by atoms with Crippen molar-refractivity contribution in [1.82, 2.24) is 10.4 Å². The molecule has 0 spiro atoms. The van der Waals surface area contributed by atoms with Gasteiger partial charge in [-0.1, -0.05) is 29.8 Å². The lowest BCUT2D eigenvalue weighted by Crippen LogP contribution is -2.29. The predicted molar refractivity (Wildman–Crippen MR) is 69.5 cm³/mol. The van der Waals surface area contributed by atoms with E-state index in [9.17, 15) is 0 Å². The Morgan fingerprint density at radius 3 is 2.53 bits per heavy atom. The largest absolute Gasteiger partial charge is 0.271 e. The molecule has 0 amide bonds. The molecule has 0 radical (unpaired) electrons. The first-order chi connectivity index (χ1) is 8.31. The van der Waals surface area contributed by atoms with Crippen LogP contribution in [0.15, 0.2) is 48.8 Å². The fraction of sp³-hybridized carbons (Fsp3) is 0.154. The predicted octanol–water partition coefficient (Wildman–Crippen LogP) is 2.48. The average molecular weight is 248 g/mol. The van der Waals surface area contributed by atoms with E-state index < -0.39 is 0 Å². The zero-order chi connectivity index (χ0) is 12.1. The highest BCUT2D eigenvalue weighted by Gasteiger charge is 2.11. The topological polar surface area (TPSA) is 50.9 Å². The molecular weight excluding hydrogens is 234 g/mol. The second-order valence-electron chi connectivity index (χ2n) is 3.80. The van der Waals surface area contributed by atoms with Crippen LogP contribution >= 0.6 is 11.6 Å². The summed E-state index contributed by atoms with van der Waals surface area (Å²) in [6.07, 6.45) is 4.26. The number of hydrogen-bond acceptors (Lipinski definition) is 3. The van der Waals surface area contributed by atoms with Gasteiger partial charge in [-0.05, 0) is 35.7 Å². The van der Waals surface area contributed by atoms with Crippen molar-refractivity contribution in [3.63, 3.8) is 0 Å². The second-order valence-corrected chi connectivity index (χ2v) is 4.20. The number of hydrogen-bond donors (Lipinski definition) is 2. The van der Waals surface area contributed by atoms with Gasteiger partial charge in [-0.15, -0.1) is 0 Å². The number of aromatic nitrogens is 1. The van der Waals surface area contributed by atoms with E-state index in [-0.39, 0.29) is 6.04 Å². The molecule has 0 bridgehead atoms. The van der Waals surface area contributed by atoms with Crippen LogP contribution in [0, 0.1) is 0 Å². The number of pyridine rings is 1. The molecule has 0 saturated carbocycles. The third-order valence-corrected chi connectivity index (χ3v) is 3.06. The van der Waals surface area contributed by atoms with Gasteiger partial charge in [0.2, 0.25) is 0 Å². The fourth-order valence-corrected chi connectivity index (χ4v) is 1.97. The Morgan fingerprint density at radius 1 is 1.18 bits per heavy atom. The van der Waals surface area contributed by atoms with Crippen molar-refractivity contribution < 1.29 is 0 Å². The van der Waals surface area contributed by atoms with Crippen molar-refractivity contribution in [1.29, 1.82) is 0 Å². The zero-order valence-corrected chi connectivity index (χ0v) is 10.1. The lowest BCUT2D eigenvalue weighted by atomic mass is 10.0. The van der Waals surface area contributed by atoms with Gasteiger partial charge < -0.3 is 0 Å². The van der Waals surface area contributed by atoms with Gasteiger partial charge in [-0.2, -0.15) is 0 Å². The average Bonchev–Trinajstić information content (AvgIpc) is 2.39. The van der Waals surface area contributed by atoms with Crippen molar-refractivity contribution >= 4 is 11.6 Å². The van der Waals surface area contributed by atoms with Crippen LogP contribution in [0.4, 0.5) is 0 Å². The Morgan fingerprint density at radius 2 is 1.88 bits per heavy atom. The van der Waals surface area contributed by atoms with Gasteiger partial charge in [0.1, 0.15) is 0 Å². The molecular formula is C13H14ClN3. The summed E-state index contributed by atoms with van der Waals surface area (Å²) < 4.78 is 0. The molecule has 0 fully saturated rings. The van der Waals surface area contributed by atoms with Crippen LogP contribution in [0.2, 0.25) is 5.02 Å². The maximum absolute atomic E-state index is 6.13. The van der Waals surface area contributed by atoms with Crippen LogP contribution < -0.4 is 11.3 Å². The van der Waals surface area contributed by atoms with Crippen molar-refractivity contribution in [3.05, 3.63) is 64.9 Å². The quantitative estimate of drug-likeness (QED) is 0.645. The molecule has 88 valence electrons. The SMILES string of the molecule is NNC(Cc1ccccc1Cl)c1ccncc1. The van der Waals surface area contributed by atoms with E-state index in [4.69, 9.17) is 17.4 Å². The van der Waals surface area contributed by atoms with Crippen LogP contribution in [-0.4, -0.2) is 4.98 Å². The van der Waals surface area contributed by atoms with Crippen molar-refractivity contribution in [2.45, 2.75) is 12.5 Å². The summed E-state index contributed by atoms with van der Waals surface area (Å²) in [6.45, 7) is 0. The standard InChI is InChI=1S/C13H14ClN3/c14-12-4-2-1-3-11(12)9-13(17-15)10-5-7-16-8-6-10/h1-8,13,17H,9,15H2. The molecule has 1 aromatic carbocycles. The number of nitrogens with zero attached hydrogens (tertiary/aromatic N) is 1. The first-order valence-corrected chi connectivity index (χ1v) is 5.78. The van der Waals surface area contributed by atoms with Crippen molar-refractivity contribution in [3.8, 4) is 0 Å². The van der Waals surface area contributed by atoms with Gasteiger partial charge in [-0.3, -0.25) is 16.3 Å². The molecule has 0 aliphatic heterocycles. The summed E-state index contributed by atoms with van der Waals surface area (Å²) in [5.74, 6) is 5.59. The summed E-state index contributed by atoms with van der Waals surface area (Å²) in [6, 6.07) is 11.7. The van der Waals surface area contributed by atoms with Crippen LogP contribution in [0.3, 0.4) is 0 Å². The third-order valence-electron chi connectivity index (χ3n) is 2.69. The lowest BCUT2D eigenvalue weighted by Gasteiger charge is -2.16. The smallest absolute Gasteiger partial charge is 0.0501 e. The summed E-state index contributed by atoms with van der Waals surface area (Å²) in [5, 5.41) is 0.766. The minimum Gasteiger partial charge on any atom is -0.271 e. The molecule has 1 heterocycles. The Bertz CT molecular complexity index is 473. The fourth-order valence-electron chi connectivity index (χ4n) is 1.75. The molecule has 1 atom stereocenters. The van der Waals surface area contributed by atoms with Crippen LogP contribution in [0.1, 0.15) is 17.2 Å². The van der Waals surface area contributed by atoms with Gasteiger partial charge in [0.25, 0.3) is 0 Å². The summed E-state index contributed by atoms with van der Waals surface area (Å²) in [4.78, 5) is 3.99. The highest BCUT2D eigenvalue weighted by atomic mass is 35.5. The minimum atomic E-state index is 0.0397. The summed E-state index contributed by atoms with van der Waals surface area (Å²) in [7, 11) is 0. The second kappa shape index (κ2) is 5.77. The molecule has 17 heavy (non-hydrogen) atoms. The maximum Gasteiger partial charge on any atom is 0.0501 e. The molecule has 1 aromatic heterocycles. The first-order valence-electron chi connectivity index (χ1n) is 5.40. The van der Waals surface area contributed by atoms with Gasteiger partial charge in [0.15, 0.2) is 0 Å². The Hall–Kier alpha value is -1.42. The molecule has 2 rings (SSSR count). The highest BCUT2D eigenvalue weighted by molar-refractivity contribution is 6.31. The monoisotopic (exact) mass is 247 g/mol. The zero-order valence-electron chi connectivity index (χ0n) is 9.31. The van der Waals surface area contributed by atoms with E-state index >= 15 is 0 Å². The van der Waals surface area contributed by atoms with Crippen molar-refractivity contribution in [2.75, 3.05) is 0 Å². The number of benzene rings is 1. The van der Waals surface area contributed by atoms with E-state index in [1.54, 1.807) is 12.4 Å². The highest BCUT2D eigenvalue weighted by Crippen LogP contribution is 2.22. The van der Waals surface area contributed by atoms with E-state index in [1.165, 1.54) is 0 Å². The molecule has 3 N–H and O–H groups in total. The van der Waals surface area contributed by atoms with Gasteiger partial charge >= 0.3 is 0 Å². The van der Waals surface area contributed by atoms with Gasteiger partial charge in [0.05, 0.1) is 6.04 Å². The van der Waals surface area contributed by atoms with Gasteiger partial charge in [0, 0.05) is 17.4 Å². The number of rotatable bonds is 4. The molecule has 0 saturated heterocycles. The molecule has 3 nitrogen and oxygen atoms in total. The minimum absolute atomic E-state index is 0.0397. The number of nitrogens with two attached hydrogens (primary N) is 1. The summed E-state index contributed by atoms with van der Waals surface area (Å²) in [5.41, 5.74) is 4.98. The number of hydrazine groups is 1. The number of nitrogens with one attached hydrogen (secondary N) is 1. The van der Waals surface area contributed by atoms with E-state index in [1.807, 2.05) is 36.4 Å². The van der Waals surface area contributed by atoms with Crippen LogP contribution in [-0.2, 0) is 6.42 Å². The van der Waals surface area contributed by atoms with E-state index in [0.717, 1.165) is 22.6 Å². The maximum atomic E-state index is 6.13. The van der Waals surface area contributed by atoms with Gasteiger partial charge in [-0.25, -0.2) is 0 Å². The Balaban J connectivity index is 2.19. The van der Waals surface area contributed by atoms with E-state index in [2.05, 4.69) is 10.4 Å². The normalized spacial score (nSPS) is 12.4. The number of halogens is 1. The van der Waals surface area contributed by atoms with E-state index in [0.29, 0.717) is 0 Å². The molecule has 1 unspecified atom stereocenters. The molecule has 4 heteroatoms. The van der Waals surface area contributed by atoms with Crippen LogP contribution in [0.25, 0.3) is 0 Å². The Kier molecular flexibility index (Phi) is 4.09. The molecule has 2 aromatic rings.